The lowest BCUT2D eigenvalue weighted by Crippen LogP contribution is -2.22. The highest BCUT2D eigenvalue weighted by molar-refractivity contribution is 5.31. The van der Waals surface area contributed by atoms with Gasteiger partial charge in [-0.2, -0.15) is 0 Å². The molecule has 0 spiro atoms. The van der Waals surface area contributed by atoms with Crippen molar-refractivity contribution in [3.8, 4) is 0 Å². The van der Waals surface area contributed by atoms with Crippen LogP contribution in [0.5, 0.6) is 0 Å². The third-order valence-electron chi connectivity index (χ3n) is 3.21. The van der Waals surface area contributed by atoms with Gasteiger partial charge in [0.15, 0.2) is 0 Å². The Bertz CT molecular complexity index is 360. The Hall–Kier alpha value is -0.930. The molecule has 3 heteroatoms. The number of pyridine rings is 1. The van der Waals surface area contributed by atoms with Crippen LogP contribution in [-0.2, 0) is 13.1 Å². The van der Waals surface area contributed by atoms with Crippen molar-refractivity contribution in [2.24, 2.45) is 0 Å². The second kappa shape index (κ2) is 4.93. The summed E-state index contributed by atoms with van der Waals surface area (Å²) in [4.78, 5) is 9.20. The van der Waals surface area contributed by atoms with Crippen LogP contribution in [0, 0.1) is 6.92 Å². The molecule has 0 radical (unpaired) electrons. The van der Waals surface area contributed by atoms with E-state index in [-0.39, 0.29) is 0 Å². The lowest BCUT2D eigenvalue weighted by Gasteiger charge is -2.16. The monoisotopic (exact) mass is 219 g/mol. The zero-order chi connectivity index (χ0) is 11.5. The Kier molecular flexibility index (Phi) is 3.56. The Labute approximate surface area is 98.1 Å². The summed E-state index contributed by atoms with van der Waals surface area (Å²) in [6.07, 6.45) is 3.16. The molecule has 2 heterocycles. The lowest BCUT2D eigenvalue weighted by molar-refractivity contribution is 0.261. The zero-order valence-electron chi connectivity index (χ0n) is 10.5. The summed E-state index contributed by atoms with van der Waals surface area (Å²) < 4.78 is 0. The Morgan fingerprint density at radius 3 is 2.88 bits per heavy atom. The van der Waals surface area contributed by atoms with E-state index in [1.807, 2.05) is 6.20 Å². The van der Waals surface area contributed by atoms with Gasteiger partial charge in [0.25, 0.3) is 0 Å². The predicted molar refractivity (Wildman–Crippen MR) is 66.3 cm³/mol. The predicted octanol–water partition coefficient (Wildman–Crippen LogP) is 1.66. The summed E-state index contributed by atoms with van der Waals surface area (Å²) in [6.45, 7) is 6.64. The molecule has 1 aliphatic heterocycles. The third-order valence-corrected chi connectivity index (χ3v) is 3.21. The van der Waals surface area contributed by atoms with Crippen LogP contribution < -0.4 is 0 Å². The first kappa shape index (κ1) is 11.6. The van der Waals surface area contributed by atoms with E-state index < -0.39 is 0 Å². The first-order valence-corrected chi connectivity index (χ1v) is 5.97. The molecule has 1 aromatic rings. The number of hydrogen-bond donors (Lipinski definition) is 0. The van der Waals surface area contributed by atoms with Gasteiger partial charge in [0.2, 0.25) is 0 Å². The van der Waals surface area contributed by atoms with Gasteiger partial charge in [0, 0.05) is 25.8 Å². The van der Waals surface area contributed by atoms with Crippen LogP contribution in [0.2, 0.25) is 0 Å². The second-order valence-corrected chi connectivity index (χ2v) is 4.92. The summed E-state index contributed by atoms with van der Waals surface area (Å²) in [5, 5.41) is 0. The molecule has 0 bridgehead atoms. The van der Waals surface area contributed by atoms with Crippen molar-refractivity contribution in [2.75, 3.05) is 27.2 Å². The largest absolute Gasteiger partial charge is 0.309 e. The minimum absolute atomic E-state index is 1.03. The summed E-state index contributed by atoms with van der Waals surface area (Å²) >= 11 is 0. The molecule has 0 atom stereocenters. The number of hydrogen-bond acceptors (Lipinski definition) is 3. The van der Waals surface area contributed by atoms with Crippen molar-refractivity contribution >= 4 is 0 Å². The molecule has 0 N–H and O–H groups in total. The van der Waals surface area contributed by atoms with Crippen LogP contribution >= 0.6 is 0 Å². The van der Waals surface area contributed by atoms with Crippen LogP contribution in [-0.4, -0.2) is 42.0 Å². The maximum absolute atomic E-state index is 4.46. The SMILES string of the molecule is Cc1ccnc2c1CN(CCCN(C)C)C2. The second-order valence-electron chi connectivity index (χ2n) is 4.92. The van der Waals surface area contributed by atoms with Crippen molar-refractivity contribution in [2.45, 2.75) is 26.4 Å². The molecule has 16 heavy (non-hydrogen) atoms. The molecule has 1 aliphatic rings. The van der Waals surface area contributed by atoms with Gasteiger partial charge in [-0.25, -0.2) is 0 Å². The average Bonchev–Trinajstić information content (AvgIpc) is 2.61. The van der Waals surface area contributed by atoms with E-state index in [9.17, 15) is 0 Å². The maximum atomic E-state index is 4.46. The first-order chi connectivity index (χ1) is 7.66. The van der Waals surface area contributed by atoms with E-state index in [1.54, 1.807) is 0 Å². The zero-order valence-corrected chi connectivity index (χ0v) is 10.5. The van der Waals surface area contributed by atoms with Crippen molar-refractivity contribution in [3.63, 3.8) is 0 Å². The highest BCUT2D eigenvalue weighted by Gasteiger charge is 2.20. The van der Waals surface area contributed by atoms with Crippen molar-refractivity contribution in [3.05, 3.63) is 29.1 Å². The fourth-order valence-corrected chi connectivity index (χ4v) is 2.26. The summed E-state index contributed by atoms with van der Waals surface area (Å²) in [6, 6.07) is 2.11. The standard InChI is InChI=1S/C13H21N3/c1-11-5-6-14-13-10-16(9-12(11)13)8-4-7-15(2)3/h5-6H,4,7-10H2,1-3H3. The minimum Gasteiger partial charge on any atom is -0.309 e. The normalized spacial score (nSPS) is 15.8. The fourth-order valence-electron chi connectivity index (χ4n) is 2.26. The molecule has 1 aromatic heterocycles. The molecule has 0 unspecified atom stereocenters. The van der Waals surface area contributed by atoms with Crippen LogP contribution in [0.15, 0.2) is 12.3 Å². The Morgan fingerprint density at radius 1 is 1.38 bits per heavy atom. The smallest absolute Gasteiger partial charge is 0.0591 e. The maximum Gasteiger partial charge on any atom is 0.0591 e. The average molecular weight is 219 g/mol. The van der Waals surface area contributed by atoms with Crippen molar-refractivity contribution < 1.29 is 0 Å². The minimum atomic E-state index is 1.03. The van der Waals surface area contributed by atoms with Gasteiger partial charge in [-0.3, -0.25) is 9.88 Å². The van der Waals surface area contributed by atoms with Gasteiger partial charge in [-0.1, -0.05) is 0 Å². The molecule has 0 aromatic carbocycles. The highest BCUT2D eigenvalue weighted by atomic mass is 15.2. The van der Waals surface area contributed by atoms with E-state index in [1.165, 1.54) is 36.3 Å². The number of nitrogens with zero attached hydrogens (tertiary/aromatic N) is 3. The molecule has 3 nitrogen and oxygen atoms in total. The topological polar surface area (TPSA) is 19.4 Å². The summed E-state index contributed by atoms with van der Waals surface area (Å²) in [5.74, 6) is 0. The van der Waals surface area contributed by atoms with Gasteiger partial charge in [0.05, 0.1) is 5.69 Å². The Morgan fingerprint density at radius 2 is 2.19 bits per heavy atom. The van der Waals surface area contributed by atoms with E-state index in [0.717, 1.165) is 13.1 Å². The third kappa shape index (κ3) is 2.60. The summed E-state index contributed by atoms with van der Waals surface area (Å²) in [7, 11) is 4.26. The molecule has 2 rings (SSSR count). The summed E-state index contributed by atoms with van der Waals surface area (Å²) in [5.41, 5.74) is 4.12. The van der Waals surface area contributed by atoms with Crippen molar-refractivity contribution in [1.82, 2.24) is 14.8 Å². The van der Waals surface area contributed by atoms with E-state index in [4.69, 9.17) is 0 Å². The van der Waals surface area contributed by atoms with Crippen molar-refractivity contribution in [1.29, 1.82) is 0 Å². The first-order valence-electron chi connectivity index (χ1n) is 5.97. The number of rotatable bonds is 4. The van der Waals surface area contributed by atoms with Gasteiger partial charge in [-0.05, 0) is 51.2 Å². The number of aromatic nitrogens is 1. The van der Waals surface area contributed by atoms with Gasteiger partial charge < -0.3 is 4.90 Å². The van der Waals surface area contributed by atoms with E-state index in [2.05, 4.69) is 41.9 Å². The molecule has 0 amide bonds. The fraction of sp³-hybridized carbons (Fsp3) is 0.615. The van der Waals surface area contributed by atoms with Crippen LogP contribution in [0.3, 0.4) is 0 Å². The number of aryl methyl sites for hydroxylation is 1. The van der Waals surface area contributed by atoms with Gasteiger partial charge >= 0.3 is 0 Å². The van der Waals surface area contributed by atoms with Gasteiger partial charge in [0.1, 0.15) is 0 Å². The lowest BCUT2D eigenvalue weighted by atomic mass is 10.1. The molecule has 88 valence electrons. The van der Waals surface area contributed by atoms with Crippen LogP contribution in [0.4, 0.5) is 0 Å². The van der Waals surface area contributed by atoms with Gasteiger partial charge in [-0.15, -0.1) is 0 Å². The van der Waals surface area contributed by atoms with Crippen LogP contribution in [0.25, 0.3) is 0 Å². The highest BCUT2D eigenvalue weighted by Crippen LogP contribution is 2.23. The molecular formula is C13H21N3. The molecule has 0 saturated heterocycles. The van der Waals surface area contributed by atoms with E-state index in [0.29, 0.717) is 0 Å². The molecule has 0 saturated carbocycles. The molecule has 0 aliphatic carbocycles. The molecule has 0 fully saturated rings. The number of fused-ring (bicyclic) bond motifs is 1. The van der Waals surface area contributed by atoms with Crippen LogP contribution in [0.1, 0.15) is 23.2 Å². The Balaban J connectivity index is 1.88. The molecular weight excluding hydrogens is 198 g/mol. The van der Waals surface area contributed by atoms with E-state index >= 15 is 0 Å². The quantitative estimate of drug-likeness (QED) is 0.767.